The van der Waals surface area contributed by atoms with E-state index in [4.69, 9.17) is 0 Å². The van der Waals surface area contributed by atoms with Crippen molar-refractivity contribution in [1.82, 2.24) is 4.90 Å². The van der Waals surface area contributed by atoms with Gasteiger partial charge in [0.1, 0.15) is 15.6 Å². The molecule has 0 spiro atoms. The van der Waals surface area contributed by atoms with Crippen LogP contribution in [0.4, 0.5) is 0 Å². The number of phenolic OH excluding ortho intramolecular Hbond substituents is 1. The average Bonchev–Trinajstić information content (AvgIpc) is 2.20. The van der Waals surface area contributed by atoms with Crippen molar-refractivity contribution in [3.8, 4) is 5.75 Å². The lowest BCUT2D eigenvalue weighted by molar-refractivity contribution is 0.338. The molecule has 0 heterocycles. The van der Waals surface area contributed by atoms with Crippen LogP contribution in [-0.4, -0.2) is 44.0 Å². The van der Waals surface area contributed by atoms with Crippen LogP contribution < -0.4 is 0 Å². The molecule has 96 valence electrons. The van der Waals surface area contributed by atoms with E-state index in [-0.39, 0.29) is 11.5 Å². The number of aryl methyl sites for hydroxylation is 1. The van der Waals surface area contributed by atoms with Crippen LogP contribution >= 0.6 is 0 Å². The normalized spacial score (nSPS) is 12.0. The quantitative estimate of drug-likeness (QED) is 0.860. The van der Waals surface area contributed by atoms with Crippen LogP contribution in [-0.2, 0) is 16.4 Å². The molecule has 0 atom stereocenters. The highest BCUT2D eigenvalue weighted by Crippen LogP contribution is 2.19. The lowest BCUT2D eigenvalue weighted by Gasteiger charge is -2.17. The van der Waals surface area contributed by atoms with Gasteiger partial charge in [0.25, 0.3) is 0 Å². The second kappa shape index (κ2) is 5.51. The molecule has 0 amide bonds. The van der Waals surface area contributed by atoms with Gasteiger partial charge in [-0.1, -0.05) is 17.7 Å². The molecule has 0 bridgehead atoms. The van der Waals surface area contributed by atoms with Crippen LogP contribution in [0, 0.1) is 6.92 Å². The molecule has 0 fully saturated rings. The Morgan fingerprint density at radius 2 is 2.00 bits per heavy atom. The van der Waals surface area contributed by atoms with Crippen molar-refractivity contribution >= 4 is 9.84 Å². The number of aromatic hydroxyl groups is 1. The van der Waals surface area contributed by atoms with E-state index in [0.29, 0.717) is 13.1 Å². The molecular weight excluding hydrogens is 238 g/mol. The number of nitrogens with zero attached hydrogens (tertiary/aromatic N) is 1. The third kappa shape index (κ3) is 5.19. The zero-order valence-electron chi connectivity index (χ0n) is 10.5. The van der Waals surface area contributed by atoms with Crippen molar-refractivity contribution in [3.63, 3.8) is 0 Å². The first kappa shape index (κ1) is 14.0. The Balaban J connectivity index is 2.62. The predicted molar refractivity (Wildman–Crippen MR) is 68.9 cm³/mol. The smallest absolute Gasteiger partial charge is 0.148 e. The first-order chi connectivity index (χ1) is 7.78. The highest BCUT2D eigenvalue weighted by molar-refractivity contribution is 7.90. The molecule has 1 N–H and O–H groups in total. The van der Waals surface area contributed by atoms with Crippen LogP contribution in [0.2, 0.25) is 0 Å². The predicted octanol–water partition coefficient (Wildman–Crippen LogP) is 1.18. The summed E-state index contributed by atoms with van der Waals surface area (Å²) in [6, 6.07) is 5.41. The molecule has 0 aromatic heterocycles. The number of rotatable bonds is 5. The Kier molecular flexibility index (Phi) is 4.54. The number of sulfone groups is 1. The SMILES string of the molecule is Cc1ccc(O)c(CN(C)CCS(C)(=O)=O)c1. The number of hydrogen-bond donors (Lipinski definition) is 1. The summed E-state index contributed by atoms with van der Waals surface area (Å²) in [5, 5.41) is 9.67. The topological polar surface area (TPSA) is 57.6 Å². The third-order valence-corrected chi connectivity index (χ3v) is 3.44. The summed E-state index contributed by atoms with van der Waals surface area (Å²) in [7, 11) is -1.09. The van der Waals surface area contributed by atoms with Crippen LogP contribution in [0.25, 0.3) is 0 Å². The van der Waals surface area contributed by atoms with Crippen LogP contribution in [0.5, 0.6) is 5.75 Å². The molecule has 0 aliphatic rings. The van der Waals surface area contributed by atoms with Gasteiger partial charge < -0.3 is 10.0 Å². The van der Waals surface area contributed by atoms with E-state index in [1.165, 1.54) is 6.26 Å². The molecule has 1 rings (SSSR count). The van der Waals surface area contributed by atoms with Gasteiger partial charge in [0, 0.05) is 24.9 Å². The standard InChI is InChI=1S/C12H19NO3S/c1-10-4-5-12(14)11(8-10)9-13(2)6-7-17(3,15)16/h4-5,8,14H,6-7,9H2,1-3H3. The molecule has 4 nitrogen and oxygen atoms in total. The molecule has 0 radical (unpaired) electrons. The maximum Gasteiger partial charge on any atom is 0.148 e. The lowest BCUT2D eigenvalue weighted by atomic mass is 10.1. The molecule has 0 aliphatic carbocycles. The van der Waals surface area contributed by atoms with Gasteiger partial charge in [-0.05, 0) is 20.0 Å². The fraction of sp³-hybridized carbons (Fsp3) is 0.500. The Morgan fingerprint density at radius 3 is 2.59 bits per heavy atom. The van der Waals surface area contributed by atoms with Crippen molar-refractivity contribution in [2.45, 2.75) is 13.5 Å². The Morgan fingerprint density at radius 1 is 1.35 bits per heavy atom. The van der Waals surface area contributed by atoms with E-state index in [1.54, 1.807) is 6.07 Å². The summed E-state index contributed by atoms with van der Waals surface area (Å²) in [5.41, 5.74) is 1.90. The molecule has 0 saturated heterocycles. The van der Waals surface area contributed by atoms with Crippen molar-refractivity contribution in [2.24, 2.45) is 0 Å². The number of phenols is 1. The van der Waals surface area contributed by atoms with Gasteiger partial charge in [0.2, 0.25) is 0 Å². The Labute approximate surface area is 103 Å². The maximum absolute atomic E-state index is 11.0. The first-order valence-electron chi connectivity index (χ1n) is 5.43. The lowest BCUT2D eigenvalue weighted by Crippen LogP contribution is -2.24. The van der Waals surface area contributed by atoms with E-state index >= 15 is 0 Å². The molecule has 5 heteroatoms. The van der Waals surface area contributed by atoms with Gasteiger partial charge in [0.15, 0.2) is 0 Å². The summed E-state index contributed by atoms with van der Waals surface area (Å²) in [4.78, 5) is 1.88. The molecule has 0 saturated carbocycles. The van der Waals surface area contributed by atoms with Crippen molar-refractivity contribution in [3.05, 3.63) is 29.3 Å². The molecule has 0 aliphatic heterocycles. The summed E-state index contributed by atoms with van der Waals surface area (Å²) in [6.45, 7) is 2.97. The molecule has 1 aromatic carbocycles. The maximum atomic E-state index is 11.0. The highest BCUT2D eigenvalue weighted by Gasteiger charge is 2.08. The summed E-state index contributed by atoms with van der Waals surface area (Å²) in [6.07, 6.45) is 1.23. The summed E-state index contributed by atoms with van der Waals surface area (Å²) < 4.78 is 22.1. The van der Waals surface area contributed by atoms with E-state index < -0.39 is 9.84 Å². The minimum absolute atomic E-state index is 0.135. The first-order valence-corrected chi connectivity index (χ1v) is 7.49. The molecule has 1 aromatic rings. The number of benzene rings is 1. The monoisotopic (exact) mass is 257 g/mol. The van der Waals surface area contributed by atoms with Gasteiger partial charge in [-0.15, -0.1) is 0 Å². The minimum atomic E-state index is -2.93. The van der Waals surface area contributed by atoms with Crippen LogP contribution in [0.3, 0.4) is 0 Å². The van der Waals surface area contributed by atoms with Gasteiger partial charge in [-0.3, -0.25) is 0 Å². The second-order valence-corrected chi connectivity index (χ2v) is 6.76. The molecular formula is C12H19NO3S. The molecule has 17 heavy (non-hydrogen) atoms. The van der Waals surface area contributed by atoms with Crippen LogP contribution in [0.15, 0.2) is 18.2 Å². The zero-order valence-corrected chi connectivity index (χ0v) is 11.3. The summed E-state index contributed by atoms with van der Waals surface area (Å²) in [5.74, 6) is 0.387. The van der Waals surface area contributed by atoms with Crippen molar-refractivity contribution in [2.75, 3.05) is 25.6 Å². The van der Waals surface area contributed by atoms with Gasteiger partial charge in [-0.2, -0.15) is 0 Å². The van der Waals surface area contributed by atoms with E-state index in [9.17, 15) is 13.5 Å². The van der Waals surface area contributed by atoms with Crippen LogP contribution in [0.1, 0.15) is 11.1 Å². The fourth-order valence-electron chi connectivity index (χ4n) is 1.53. The van der Waals surface area contributed by atoms with Gasteiger partial charge in [-0.25, -0.2) is 8.42 Å². The average molecular weight is 257 g/mol. The second-order valence-electron chi connectivity index (χ2n) is 4.50. The largest absolute Gasteiger partial charge is 0.508 e. The molecule has 0 unspecified atom stereocenters. The van der Waals surface area contributed by atoms with Crippen molar-refractivity contribution in [1.29, 1.82) is 0 Å². The van der Waals surface area contributed by atoms with E-state index in [2.05, 4.69) is 0 Å². The van der Waals surface area contributed by atoms with Gasteiger partial charge in [0.05, 0.1) is 5.75 Å². The zero-order chi connectivity index (χ0) is 13.1. The highest BCUT2D eigenvalue weighted by atomic mass is 32.2. The Bertz CT molecular complexity index is 483. The van der Waals surface area contributed by atoms with E-state index in [1.807, 2.05) is 31.0 Å². The number of hydrogen-bond acceptors (Lipinski definition) is 4. The van der Waals surface area contributed by atoms with Crippen molar-refractivity contribution < 1.29 is 13.5 Å². The van der Waals surface area contributed by atoms with Gasteiger partial charge >= 0.3 is 0 Å². The third-order valence-electron chi connectivity index (χ3n) is 2.52. The fourth-order valence-corrected chi connectivity index (χ4v) is 2.18. The van der Waals surface area contributed by atoms with E-state index in [0.717, 1.165) is 11.1 Å². The minimum Gasteiger partial charge on any atom is -0.508 e. The Hall–Kier alpha value is -1.07. The summed E-state index contributed by atoms with van der Waals surface area (Å²) >= 11 is 0.